The molecule has 0 atom stereocenters. The predicted octanol–water partition coefficient (Wildman–Crippen LogP) is 9.85. The highest BCUT2D eigenvalue weighted by atomic mass is 33.1. The molecule has 0 saturated heterocycles. The molecule has 0 spiro atoms. The van der Waals surface area contributed by atoms with Gasteiger partial charge in [-0.25, -0.2) is 4.98 Å². The van der Waals surface area contributed by atoms with Crippen molar-refractivity contribution in [3.05, 3.63) is 24.3 Å². The molecule has 1 heterocycles. The number of rotatable bonds is 38. The molecule has 0 fully saturated rings. The van der Waals surface area contributed by atoms with Crippen molar-refractivity contribution in [3.63, 3.8) is 0 Å². The first-order valence-electron chi connectivity index (χ1n) is 19.2. The Balaban J connectivity index is 1.34. The van der Waals surface area contributed by atoms with Gasteiger partial charge in [0.25, 0.3) is 0 Å². The van der Waals surface area contributed by atoms with Crippen LogP contribution in [0.15, 0.2) is 28.6 Å². The maximum atomic E-state index is 6.23. The highest BCUT2D eigenvalue weighted by Crippen LogP contribution is 2.37. The summed E-state index contributed by atoms with van der Waals surface area (Å²) in [7, 11) is 0.798. The lowest BCUT2D eigenvalue weighted by Crippen LogP contribution is -2.46. The minimum absolute atomic E-state index is 0.438. The van der Waals surface area contributed by atoms with Gasteiger partial charge in [0.2, 0.25) is 0 Å². The third-order valence-electron chi connectivity index (χ3n) is 7.77. The fourth-order valence-corrected chi connectivity index (χ4v) is 11.5. The van der Waals surface area contributed by atoms with Crippen molar-refractivity contribution < 1.29 is 37.0 Å². The molecule has 0 N–H and O–H groups in total. The Bertz CT molecular complexity index is 985. The first-order valence-corrected chi connectivity index (χ1v) is 24.2. The number of hydrogen-bond acceptors (Lipinski definition) is 12. The van der Waals surface area contributed by atoms with Gasteiger partial charge < -0.3 is 37.0 Å². The zero-order valence-electron chi connectivity index (χ0n) is 31.3. The van der Waals surface area contributed by atoms with E-state index in [0.29, 0.717) is 79.3 Å². The number of thiazole rings is 1. The van der Waals surface area contributed by atoms with Crippen molar-refractivity contribution in [1.29, 1.82) is 0 Å². The number of benzene rings is 1. The number of hydrogen-bond donors (Lipinski definition) is 0. The van der Waals surface area contributed by atoms with E-state index >= 15 is 0 Å². The molecule has 0 aliphatic carbocycles. The third kappa shape index (κ3) is 24.1. The van der Waals surface area contributed by atoms with Gasteiger partial charge in [-0.3, -0.25) is 0 Å². The third-order valence-corrected chi connectivity index (χ3v) is 14.6. The van der Waals surface area contributed by atoms with E-state index in [0.717, 1.165) is 41.1 Å². The summed E-state index contributed by atoms with van der Waals surface area (Å²) < 4.78 is 48.9. The second-order valence-corrected chi connectivity index (χ2v) is 18.4. The number of unbranched alkanes of at least 4 members (excludes halogenated alkanes) is 10. The molecule has 0 bridgehead atoms. The van der Waals surface area contributed by atoms with Crippen molar-refractivity contribution >= 4 is 51.9 Å². The van der Waals surface area contributed by atoms with Crippen LogP contribution in [0, 0.1) is 0 Å². The Kier molecular flexibility index (Phi) is 30.5. The van der Waals surface area contributed by atoms with Gasteiger partial charge in [-0.1, -0.05) is 94.1 Å². The first-order chi connectivity index (χ1) is 24.7. The zero-order valence-corrected chi connectivity index (χ0v) is 34.8. The van der Waals surface area contributed by atoms with E-state index in [1.165, 1.54) is 68.9 Å². The molecule has 2 aromatic rings. The highest BCUT2D eigenvalue weighted by Gasteiger charge is 2.40. The predicted molar refractivity (Wildman–Crippen MR) is 213 cm³/mol. The van der Waals surface area contributed by atoms with E-state index in [-0.39, 0.29) is 0 Å². The topological polar surface area (TPSA) is 86.7 Å². The lowest BCUT2D eigenvalue weighted by Gasteiger charge is -2.29. The summed E-state index contributed by atoms with van der Waals surface area (Å²) in [5.41, 5.74) is 1.06. The van der Waals surface area contributed by atoms with Crippen molar-refractivity contribution in [2.45, 2.75) is 108 Å². The molecule has 1 aromatic heterocycles. The van der Waals surface area contributed by atoms with Gasteiger partial charge in [0.1, 0.15) is 0 Å². The number of nitrogens with zero attached hydrogens (tertiary/aromatic N) is 1. The van der Waals surface area contributed by atoms with E-state index < -0.39 is 8.80 Å². The molecule has 0 radical (unpaired) electrons. The molecule has 2 rings (SSSR count). The Morgan fingerprint density at radius 2 is 1.06 bits per heavy atom. The second-order valence-electron chi connectivity index (χ2n) is 12.0. The Hall–Kier alpha value is -0.293. The van der Waals surface area contributed by atoms with Gasteiger partial charge in [-0.15, -0.1) is 11.3 Å². The van der Waals surface area contributed by atoms with Gasteiger partial charge >= 0.3 is 8.80 Å². The van der Waals surface area contributed by atoms with Gasteiger partial charge in [0.05, 0.1) is 76.3 Å². The highest BCUT2D eigenvalue weighted by molar-refractivity contribution is 8.77. The van der Waals surface area contributed by atoms with Crippen LogP contribution in [0.1, 0.15) is 97.8 Å². The molecule has 0 aliphatic heterocycles. The van der Waals surface area contributed by atoms with E-state index in [1.807, 2.05) is 30.7 Å². The van der Waals surface area contributed by atoms with Crippen molar-refractivity contribution in [2.75, 3.05) is 91.6 Å². The molecule has 0 aliphatic rings. The standard InChI is InChI=1S/C37H67NO8S3Si/c1-4-7-8-9-10-11-12-13-14-15-18-22-39-23-24-40-25-26-41-27-28-42-29-30-43-31-32-46-50(44-5-2,45-6-3)34-19-33-47-49-37-38-35-20-16-17-21-36(35)48-37/h16-17,20-21H,4-15,18-19,22-34H2,1-3H3. The zero-order chi connectivity index (χ0) is 35.6. The van der Waals surface area contributed by atoms with Crippen molar-refractivity contribution in [2.24, 2.45) is 0 Å². The lowest BCUT2D eigenvalue weighted by molar-refractivity contribution is -0.0162. The molecule has 9 nitrogen and oxygen atoms in total. The van der Waals surface area contributed by atoms with Gasteiger partial charge in [0, 0.05) is 31.6 Å². The molecular formula is C37H67NO8S3Si. The smallest absolute Gasteiger partial charge is 0.379 e. The fraction of sp³-hybridized carbons (Fsp3) is 0.811. The largest absolute Gasteiger partial charge is 0.501 e. The normalized spacial score (nSPS) is 12.1. The van der Waals surface area contributed by atoms with E-state index in [4.69, 9.17) is 41.9 Å². The lowest BCUT2D eigenvalue weighted by atomic mass is 10.1. The summed E-state index contributed by atoms with van der Waals surface area (Å²) in [4.78, 5) is 4.70. The Morgan fingerprint density at radius 3 is 1.60 bits per heavy atom. The van der Waals surface area contributed by atoms with Gasteiger partial charge in [0.15, 0.2) is 4.34 Å². The van der Waals surface area contributed by atoms with Crippen LogP contribution in [0.2, 0.25) is 6.04 Å². The SMILES string of the molecule is CCCCCCCCCCCCCOCCOCCOCCOCCOCCO[Si](CCCSSc1nc2ccccc2s1)(OCC)OCC. The first kappa shape index (κ1) is 45.9. The second kappa shape index (κ2) is 33.3. The fourth-order valence-electron chi connectivity index (χ4n) is 5.21. The Labute approximate surface area is 316 Å². The minimum Gasteiger partial charge on any atom is -0.379 e. The number of aromatic nitrogens is 1. The molecule has 1 aromatic carbocycles. The van der Waals surface area contributed by atoms with E-state index in [2.05, 4.69) is 25.1 Å². The van der Waals surface area contributed by atoms with E-state index in [1.54, 1.807) is 22.1 Å². The number of fused-ring (bicyclic) bond motifs is 1. The van der Waals surface area contributed by atoms with Crippen LogP contribution in [0.3, 0.4) is 0 Å². The maximum absolute atomic E-state index is 6.23. The summed E-state index contributed by atoms with van der Waals surface area (Å²) in [6, 6.07) is 9.04. The van der Waals surface area contributed by atoms with Crippen LogP contribution in [0.25, 0.3) is 10.2 Å². The monoisotopic (exact) mass is 777 g/mol. The number of para-hydroxylation sites is 1. The van der Waals surface area contributed by atoms with Gasteiger partial charge in [-0.2, -0.15) is 0 Å². The summed E-state index contributed by atoms with van der Waals surface area (Å²) in [5.74, 6) is 0.970. The average molecular weight is 778 g/mol. The molecule has 0 saturated carbocycles. The molecule has 0 unspecified atom stereocenters. The van der Waals surface area contributed by atoms with Crippen molar-refractivity contribution in [3.8, 4) is 0 Å². The molecule has 50 heavy (non-hydrogen) atoms. The average Bonchev–Trinajstić information content (AvgIpc) is 3.54. The number of ether oxygens (including phenoxy) is 5. The quantitative estimate of drug-likeness (QED) is 0.0371. The maximum Gasteiger partial charge on any atom is 0.501 e. The van der Waals surface area contributed by atoms with Crippen LogP contribution in [0.5, 0.6) is 0 Å². The Morgan fingerprint density at radius 1 is 0.560 bits per heavy atom. The summed E-state index contributed by atoms with van der Waals surface area (Å²) in [6.07, 6.45) is 15.8. The van der Waals surface area contributed by atoms with Crippen LogP contribution in [-0.2, 0) is 37.0 Å². The van der Waals surface area contributed by atoms with Crippen LogP contribution >= 0.6 is 32.9 Å². The van der Waals surface area contributed by atoms with Crippen LogP contribution in [-0.4, -0.2) is 105 Å². The van der Waals surface area contributed by atoms with E-state index in [9.17, 15) is 0 Å². The summed E-state index contributed by atoms with van der Waals surface area (Å²) in [5, 5.41) is 0. The van der Waals surface area contributed by atoms with Crippen molar-refractivity contribution in [1.82, 2.24) is 4.98 Å². The van der Waals surface area contributed by atoms with Gasteiger partial charge in [-0.05, 0) is 49.6 Å². The minimum atomic E-state index is -2.75. The van der Waals surface area contributed by atoms with Crippen LogP contribution in [0.4, 0.5) is 0 Å². The molecular weight excluding hydrogens is 711 g/mol. The van der Waals surface area contributed by atoms with Crippen LogP contribution < -0.4 is 0 Å². The molecule has 290 valence electrons. The molecule has 13 heteroatoms. The molecule has 0 amide bonds. The summed E-state index contributed by atoms with van der Waals surface area (Å²) >= 11 is 1.74. The summed E-state index contributed by atoms with van der Waals surface area (Å²) in [6.45, 7) is 13.6.